The summed E-state index contributed by atoms with van der Waals surface area (Å²) in [4.78, 5) is 2.16. The van der Waals surface area contributed by atoms with E-state index in [1.54, 1.807) is 6.07 Å². The fourth-order valence-electron chi connectivity index (χ4n) is 2.69. The Hall–Kier alpha value is -1.39. The van der Waals surface area contributed by atoms with Gasteiger partial charge in [0.25, 0.3) is 0 Å². The van der Waals surface area contributed by atoms with E-state index >= 15 is 0 Å². The number of rotatable bonds is 3. The summed E-state index contributed by atoms with van der Waals surface area (Å²) >= 11 is 3.62. The second-order valence-corrected chi connectivity index (χ2v) is 5.85. The molecule has 3 rings (SSSR count). The lowest BCUT2D eigenvalue weighted by molar-refractivity contribution is 0.628. The molecule has 2 nitrogen and oxygen atoms in total. The fraction of sp³-hybridized carbons (Fsp3) is 0.250. The smallest absolute Gasteiger partial charge is 0.125 e. The van der Waals surface area contributed by atoms with Crippen LogP contribution in [0.4, 0.5) is 15.8 Å². The van der Waals surface area contributed by atoms with Crippen molar-refractivity contribution in [1.82, 2.24) is 0 Å². The van der Waals surface area contributed by atoms with Crippen molar-refractivity contribution >= 4 is 27.3 Å². The number of fused-ring (bicyclic) bond motifs is 1. The molecule has 0 bridgehead atoms. The molecule has 0 amide bonds. The summed E-state index contributed by atoms with van der Waals surface area (Å²) in [6.45, 7) is 1.52. The summed E-state index contributed by atoms with van der Waals surface area (Å²) in [7, 11) is 0. The minimum Gasteiger partial charge on any atom is -0.340 e. The Balaban J connectivity index is 1.98. The molecule has 4 heteroatoms. The maximum absolute atomic E-state index is 13.5. The van der Waals surface area contributed by atoms with Gasteiger partial charge in [-0.1, -0.05) is 12.1 Å². The first-order valence-corrected chi connectivity index (χ1v) is 7.53. The predicted molar refractivity (Wildman–Crippen MR) is 84.0 cm³/mol. The van der Waals surface area contributed by atoms with Crippen LogP contribution in [0.15, 0.2) is 40.9 Å². The Kier molecular flexibility index (Phi) is 3.76. The summed E-state index contributed by atoms with van der Waals surface area (Å²) in [5, 5.41) is 0. The molecule has 0 radical (unpaired) electrons. The molecule has 20 heavy (non-hydrogen) atoms. The Morgan fingerprint density at radius 3 is 2.75 bits per heavy atom. The lowest BCUT2D eigenvalue weighted by atomic mass is 10.1. The van der Waals surface area contributed by atoms with Crippen molar-refractivity contribution in [3.8, 4) is 0 Å². The number of anilines is 2. The molecule has 0 saturated heterocycles. The van der Waals surface area contributed by atoms with Gasteiger partial charge >= 0.3 is 0 Å². The van der Waals surface area contributed by atoms with Gasteiger partial charge in [0, 0.05) is 16.7 Å². The maximum Gasteiger partial charge on any atom is 0.125 e. The zero-order valence-electron chi connectivity index (χ0n) is 11.1. The number of halogens is 2. The van der Waals surface area contributed by atoms with Gasteiger partial charge in [-0.15, -0.1) is 0 Å². The lowest BCUT2D eigenvalue weighted by Gasteiger charge is -2.21. The Labute approximate surface area is 126 Å². The third kappa shape index (κ3) is 2.45. The second-order valence-electron chi connectivity index (χ2n) is 5.00. The Morgan fingerprint density at radius 2 is 2.00 bits per heavy atom. The van der Waals surface area contributed by atoms with Crippen molar-refractivity contribution in [1.29, 1.82) is 0 Å². The highest BCUT2D eigenvalue weighted by atomic mass is 79.9. The van der Waals surface area contributed by atoms with Gasteiger partial charge < -0.3 is 10.6 Å². The van der Waals surface area contributed by atoms with E-state index in [1.165, 1.54) is 17.2 Å². The minimum atomic E-state index is -0.188. The number of hydrogen-bond donors (Lipinski definition) is 1. The van der Waals surface area contributed by atoms with E-state index in [4.69, 9.17) is 5.73 Å². The molecule has 0 aliphatic carbocycles. The lowest BCUT2D eigenvalue weighted by Crippen LogP contribution is -2.14. The highest BCUT2D eigenvalue weighted by Crippen LogP contribution is 2.38. The van der Waals surface area contributed by atoms with Crippen molar-refractivity contribution in [3.63, 3.8) is 0 Å². The van der Waals surface area contributed by atoms with Crippen LogP contribution in [0.5, 0.6) is 0 Å². The molecule has 104 valence electrons. The van der Waals surface area contributed by atoms with Crippen LogP contribution < -0.4 is 10.6 Å². The van der Waals surface area contributed by atoms with Crippen LogP contribution in [0.3, 0.4) is 0 Å². The highest BCUT2D eigenvalue weighted by molar-refractivity contribution is 9.10. The first-order chi connectivity index (χ1) is 9.69. The number of hydrogen-bond acceptors (Lipinski definition) is 2. The third-order valence-electron chi connectivity index (χ3n) is 3.68. The molecule has 0 unspecified atom stereocenters. The van der Waals surface area contributed by atoms with E-state index in [-0.39, 0.29) is 5.82 Å². The Morgan fingerprint density at radius 1 is 1.15 bits per heavy atom. The third-order valence-corrected chi connectivity index (χ3v) is 4.31. The molecule has 2 N–H and O–H groups in total. The number of nitrogens with two attached hydrogens (primary N) is 1. The van der Waals surface area contributed by atoms with Crippen molar-refractivity contribution in [2.24, 2.45) is 5.73 Å². The summed E-state index contributed by atoms with van der Waals surface area (Å²) in [5.41, 5.74) is 10.0. The monoisotopic (exact) mass is 334 g/mol. The van der Waals surface area contributed by atoms with E-state index < -0.39 is 0 Å². The largest absolute Gasteiger partial charge is 0.340 e. The van der Waals surface area contributed by atoms with Gasteiger partial charge in [-0.05, 0) is 70.7 Å². The topological polar surface area (TPSA) is 29.3 Å². The summed E-state index contributed by atoms with van der Waals surface area (Å²) < 4.78 is 14.5. The molecule has 0 spiro atoms. The van der Waals surface area contributed by atoms with Gasteiger partial charge in [-0.3, -0.25) is 0 Å². The van der Waals surface area contributed by atoms with E-state index in [2.05, 4.69) is 39.0 Å². The SMILES string of the molecule is NCCc1ccc(N2CCc3ccc(F)cc32)c(Br)c1. The molecule has 0 fully saturated rings. The Bertz CT molecular complexity index is 642. The van der Waals surface area contributed by atoms with Crippen LogP contribution in [0.2, 0.25) is 0 Å². The quantitative estimate of drug-likeness (QED) is 0.925. The summed E-state index contributed by atoms with van der Waals surface area (Å²) in [6, 6.07) is 11.3. The van der Waals surface area contributed by atoms with E-state index in [9.17, 15) is 4.39 Å². The van der Waals surface area contributed by atoms with Crippen molar-refractivity contribution < 1.29 is 4.39 Å². The summed E-state index contributed by atoms with van der Waals surface area (Å²) in [6.07, 6.45) is 1.82. The van der Waals surface area contributed by atoms with E-state index in [1.807, 2.05) is 6.07 Å². The van der Waals surface area contributed by atoms with Crippen molar-refractivity contribution in [2.45, 2.75) is 12.8 Å². The van der Waals surface area contributed by atoms with Crippen LogP contribution in [0, 0.1) is 5.82 Å². The number of nitrogens with zero attached hydrogens (tertiary/aromatic N) is 1. The summed E-state index contributed by atoms with van der Waals surface area (Å²) in [5.74, 6) is -0.188. The van der Waals surface area contributed by atoms with Crippen molar-refractivity contribution in [2.75, 3.05) is 18.0 Å². The molecule has 1 aliphatic heterocycles. The first kappa shape index (κ1) is 13.6. The standard InChI is InChI=1S/C16H16BrFN2/c17-14-9-11(5-7-19)1-4-15(14)20-8-6-12-2-3-13(18)10-16(12)20/h1-4,9-10H,5-8,19H2. The molecule has 1 aliphatic rings. The molecule has 0 aromatic heterocycles. The molecular formula is C16H16BrFN2. The molecule has 2 aromatic rings. The van der Waals surface area contributed by atoms with Crippen LogP contribution >= 0.6 is 15.9 Å². The normalized spacial score (nSPS) is 13.7. The van der Waals surface area contributed by atoms with E-state index in [0.29, 0.717) is 6.54 Å². The van der Waals surface area contributed by atoms with Crippen LogP contribution in [-0.4, -0.2) is 13.1 Å². The minimum absolute atomic E-state index is 0.188. The van der Waals surface area contributed by atoms with Crippen LogP contribution in [-0.2, 0) is 12.8 Å². The molecule has 0 atom stereocenters. The second kappa shape index (κ2) is 5.54. The zero-order valence-corrected chi connectivity index (χ0v) is 12.7. The van der Waals surface area contributed by atoms with Crippen molar-refractivity contribution in [3.05, 3.63) is 57.8 Å². The van der Waals surface area contributed by atoms with Gasteiger partial charge in [0.05, 0.1) is 5.69 Å². The molecule has 0 saturated carbocycles. The van der Waals surface area contributed by atoms with Gasteiger partial charge in [0.1, 0.15) is 5.82 Å². The zero-order chi connectivity index (χ0) is 14.1. The average molecular weight is 335 g/mol. The molecular weight excluding hydrogens is 319 g/mol. The maximum atomic E-state index is 13.5. The average Bonchev–Trinajstić information content (AvgIpc) is 2.82. The molecule has 2 aromatic carbocycles. The van der Waals surface area contributed by atoms with Gasteiger partial charge in [-0.25, -0.2) is 4.39 Å². The van der Waals surface area contributed by atoms with Crippen LogP contribution in [0.1, 0.15) is 11.1 Å². The number of benzene rings is 2. The van der Waals surface area contributed by atoms with Gasteiger partial charge in [0.2, 0.25) is 0 Å². The fourth-order valence-corrected chi connectivity index (χ4v) is 3.33. The van der Waals surface area contributed by atoms with E-state index in [0.717, 1.165) is 35.2 Å². The van der Waals surface area contributed by atoms with Gasteiger partial charge in [0.15, 0.2) is 0 Å². The highest BCUT2D eigenvalue weighted by Gasteiger charge is 2.22. The predicted octanol–water partition coefficient (Wildman–Crippen LogP) is 3.78. The van der Waals surface area contributed by atoms with Crippen LogP contribution in [0.25, 0.3) is 0 Å². The first-order valence-electron chi connectivity index (χ1n) is 6.73. The van der Waals surface area contributed by atoms with Gasteiger partial charge in [-0.2, -0.15) is 0 Å². The molecule has 1 heterocycles.